The summed E-state index contributed by atoms with van der Waals surface area (Å²) in [6.45, 7) is 6.00. The van der Waals surface area contributed by atoms with Crippen LogP contribution in [0.1, 0.15) is 193 Å². The predicted octanol–water partition coefficient (Wildman–Crippen LogP) is 12.5. The van der Waals surface area contributed by atoms with Gasteiger partial charge in [-0.05, 0) is 0 Å². The third-order valence-electron chi connectivity index (χ3n) is 7.50. The number of rotatable bonds is 0. The molecule has 0 aliphatic heterocycles. The molecule has 0 atom stereocenters. The van der Waals surface area contributed by atoms with Crippen LogP contribution in [0.4, 0.5) is 0 Å². The maximum absolute atomic E-state index is 3.00. The minimum atomic E-state index is 1.50. The number of hydrogen-bond donors (Lipinski definition) is 0. The van der Waals surface area contributed by atoms with Crippen LogP contribution in [-0.4, -0.2) is 0 Å². The molecule has 0 saturated heterocycles. The molecular formula is C32H64. The zero-order chi connectivity index (χ0) is 23.2. The molecular weight excluding hydrogens is 384 g/mol. The van der Waals surface area contributed by atoms with Gasteiger partial charge in [-0.1, -0.05) is 193 Å². The van der Waals surface area contributed by atoms with E-state index in [2.05, 4.69) is 13.2 Å². The van der Waals surface area contributed by atoms with Gasteiger partial charge in [0.15, 0.2) is 0 Å². The first-order chi connectivity index (χ1) is 16.0. The van der Waals surface area contributed by atoms with Gasteiger partial charge in [0.25, 0.3) is 0 Å². The molecule has 0 bridgehead atoms. The summed E-state index contributed by atoms with van der Waals surface area (Å²) in [6, 6.07) is 0. The Morgan fingerprint density at radius 3 is 0.188 bits per heavy atom. The second-order valence-corrected chi connectivity index (χ2v) is 10.6. The minimum Gasteiger partial charge on any atom is -0.106 e. The van der Waals surface area contributed by atoms with Crippen LogP contribution in [0.5, 0.6) is 0 Å². The average Bonchev–Trinajstić information content (AvgIpc) is 2.87. The van der Waals surface area contributed by atoms with Crippen molar-refractivity contribution in [3.05, 3.63) is 13.2 Å². The first-order valence-corrected chi connectivity index (χ1v) is 15.5. The van der Waals surface area contributed by atoms with Gasteiger partial charge in [-0.2, -0.15) is 0 Å². The van der Waals surface area contributed by atoms with E-state index in [-0.39, 0.29) is 0 Å². The topological polar surface area (TPSA) is 0 Å². The molecule has 0 spiro atoms. The molecule has 0 aromatic carbocycles. The summed E-state index contributed by atoms with van der Waals surface area (Å²) < 4.78 is 0. The molecule has 3 fully saturated rings. The number of hydrogen-bond acceptors (Lipinski definition) is 0. The van der Waals surface area contributed by atoms with E-state index in [0.717, 1.165) is 0 Å². The summed E-state index contributed by atoms with van der Waals surface area (Å²) in [7, 11) is 0. The molecule has 3 aliphatic rings. The van der Waals surface area contributed by atoms with Gasteiger partial charge < -0.3 is 0 Å². The van der Waals surface area contributed by atoms with E-state index in [0.29, 0.717) is 0 Å². The third kappa shape index (κ3) is 27.8. The van der Waals surface area contributed by atoms with Crippen LogP contribution in [-0.2, 0) is 0 Å². The van der Waals surface area contributed by atoms with E-state index < -0.39 is 0 Å². The fourth-order valence-corrected chi connectivity index (χ4v) is 5.30. The van der Waals surface area contributed by atoms with Crippen LogP contribution < -0.4 is 0 Å². The van der Waals surface area contributed by atoms with E-state index in [9.17, 15) is 0 Å². The Labute approximate surface area is 205 Å². The zero-order valence-electron chi connectivity index (χ0n) is 22.6. The molecule has 3 rings (SSSR count). The van der Waals surface area contributed by atoms with Gasteiger partial charge in [0.1, 0.15) is 0 Å². The van der Waals surface area contributed by atoms with Crippen LogP contribution in [0.15, 0.2) is 13.2 Å². The predicted molar refractivity (Wildman–Crippen MR) is 150 cm³/mol. The highest BCUT2D eigenvalue weighted by Gasteiger charge is 1.97. The Balaban J connectivity index is 0.000000433. The quantitative estimate of drug-likeness (QED) is 0.323. The lowest BCUT2D eigenvalue weighted by atomic mass is 10.0. The second-order valence-electron chi connectivity index (χ2n) is 10.6. The summed E-state index contributed by atoms with van der Waals surface area (Å²) in [6.07, 6.45) is 45.0. The lowest BCUT2D eigenvalue weighted by Gasteiger charge is -2.05. The SMILES string of the molecule is C1CCCCCCCCC1.C1CCCCCCCCC1.C1CCCCCCCCC1.C=C. The first-order valence-electron chi connectivity index (χ1n) is 15.5. The Morgan fingerprint density at radius 2 is 0.156 bits per heavy atom. The molecule has 3 aliphatic carbocycles. The highest BCUT2D eigenvalue weighted by Crippen LogP contribution is 2.17. The van der Waals surface area contributed by atoms with E-state index >= 15 is 0 Å². The van der Waals surface area contributed by atoms with Crippen molar-refractivity contribution in [1.82, 2.24) is 0 Å². The minimum absolute atomic E-state index is 1.50. The van der Waals surface area contributed by atoms with Gasteiger partial charge in [-0.3, -0.25) is 0 Å². The summed E-state index contributed by atoms with van der Waals surface area (Å²) in [5.74, 6) is 0. The molecule has 32 heavy (non-hydrogen) atoms. The van der Waals surface area contributed by atoms with Gasteiger partial charge in [0, 0.05) is 0 Å². The van der Waals surface area contributed by atoms with Crippen LogP contribution in [0, 0.1) is 0 Å². The smallest absolute Gasteiger partial charge is 0.0533 e. The molecule has 0 radical (unpaired) electrons. The maximum Gasteiger partial charge on any atom is -0.0533 e. The molecule has 0 aromatic rings. The normalized spacial score (nSPS) is 22.6. The Bertz CT molecular complexity index is 160. The van der Waals surface area contributed by atoms with Crippen molar-refractivity contribution in [3.8, 4) is 0 Å². The van der Waals surface area contributed by atoms with Crippen LogP contribution in [0.25, 0.3) is 0 Å². The van der Waals surface area contributed by atoms with Crippen molar-refractivity contribution in [2.24, 2.45) is 0 Å². The fraction of sp³-hybridized carbons (Fsp3) is 0.938. The van der Waals surface area contributed by atoms with Gasteiger partial charge in [-0.25, -0.2) is 0 Å². The van der Waals surface area contributed by atoms with Crippen LogP contribution >= 0.6 is 0 Å². The fourth-order valence-electron chi connectivity index (χ4n) is 5.30. The molecule has 0 heteroatoms. The summed E-state index contributed by atoms with van der Waals surface area (Å²) >= 11 is 0. The Hall–Kier alpha value is -0.260. The summed E-state index contributed by atoms with van der Waals surface area (Å²) in [5, 5.41) is 0. The van der Waals surface area contributed by atoms with E-state index in [4.69, 9.17) is 0 Å². The lowest BCUT2D eigenvalue weighted by Crippen LogP contribution is -1.85. The monoisotopic (exact) mass is 449 g/mol. The molecule has 0 nitrogen and oxygen atoms in total. The zero-order valence-corrected chi connectivity index (χ0v) is 22.6. The highest BCUT2D eigenvalue weighted by molar-refractivity contribution is 4.53. The third-order valence-corrected chi connectivity index (χ3v) is 7.50. The van der Waals surface area contributed by atoms with Gasteiger partial charge in [0.2, 0.25) is 0 Å². The molecule has 3 saturated carbocycles. The molecule has 0 N–H and O–H groups in total. The van der Waals surface area contributed by atoms with Crippen molar-refractivity contribution in [1.29, 1.82) is 0 Å². The average molecular weight is 449 g/mol. The Kier molecular flexibility index (Phi) is 30.5. The van der Waals surface area contributed by atoms with Crippen molar-refractivity contribution in [2.45, 2.75) is 193 Å². The maximum atomic E-state index is 3.00. The molecule has 0 unspecified atom stereocenters. The van der Waals surface area contributed by atoms with E-state index in [1.165, 1.54) is 193 Å². The molecule has 0 heterocycles. The molecule has 0 aromatic heterocycles. The highest BCUT2D eigenvalue weighted by atomic mass is 14.0. The largest absolute Gasteiger partial charge is 0.106 e. The van der Waals surface area contributed by atoms with Crippen LogP contribution in [0.3, 0.4) is 0 Å². The molecule has 0 amide bonds. The first kappa shape index (κ1) is 31.7. The lowest BCUT2D eigenvalue weighted by molar-refractivity contribution is 0.504. The van der Waals surface area contributed by atoms with E-state index in [1.54, 1.807) is 0 Å². The van der Waals surface area contributed by atoms with Crippen molar-refractivity contribution in [2.75, 3.05) is 0 Å². The van der Waals surface area contributed by atoms with E-state index in [1.807, 2.05) is 0 Å². The van der Waals surface area contributed by atoms with Crippen molar-refractivity contribution < 1.29 is 0 Å². The summed E-state index contributed by atoms with van der Waals surface area (Å²) in [4.78, 5) is 0. The van der Waals surface area contributed by atoms with Gasteiger partial charge in [-0.15, -0.1) is 13.2 Å². The van der Waals surface area contributed by atoms with Crippen molar-refractivity contribution >= 4 is 0 Å². The van der Waals surface area contributed by atoms with Gasteiger partial charge in [0.05, 0.1) is 0 Å². The van der Waals surface area contributed by atoms with Gasteiger partial charge >= 0.3 is 0 Å². The van der Waals surface area contributed by atoms with Crippen molar-refractivity contribution in [3.63, 3.8) is 0 Å². The molecule has 192 valence electrons. The standard InChI is InChI=1S/3C10H20.C2H4/c3*1-2-4-6-8-10-9-7-5-3-1;1-2/h3*1-10H2;1-2H2. The Morgan fingerprint density at radius 1 is 0.125 bits per heavy atom. The second kappa shape index (κ2) is 30.7. The summed E-state index contributed by atoms with van der Waals surface area (Å²) in [5.41, 5.74) is 0. The van der Waals surface area contributed by atoms with Crippen LogP contribution in [0.2, 0.25) is 0 Å².